The number of aryl methyl sites for hydroxylation is 1. The molecule has 1 amide bonds. The Hall–Kier alpha value is -2.68. The molecule has 3 nitrogen and oxygen atoms in total. The van der Waals surface area contributed by atoms with Gasteiger partial charge in [-0.25, -0.2) is 0 Å². The molecule has 0 bridgehead atoms. The second-order valence-electron chi connectivity index (χ2n) is 5.00. The minimum absolute atomic E-state index is 0.0689. The number of amides is 1. The van der Waals surface area contributed by atoms with E-state index in [-0.39, 0.29) is 5.91 Å². The number of pyridine rings is 1. The fourth-order valence-electron chi connectivity index (χ4n) is 2.37. The molecule has 3 heteroatoms. The minimum Gasteiger partial charge on any atom is -0.348 e. The topological polar surface area (TPSA) is 42.0 Å². The van der Waals surface area contributed by atoms with Gasteiger partial charge < -0.3 is 5.32 Å². The number of fused-ring (bicyclic) bond motifs is 1. The zero-order valence-electron chi connectivity index (χ0n) is 11.8. The van der Waals surface area contributed by atoms with E-state index in [4.69, 9.17) is 0 Å². The van der Waals surface area contributed by atoms with E-state index in [1.165, 1.54) is 0 Å². The molecular weight excluding hydrogens is 260 g/mol. The van der Waals surface area contributed by atoms with Crippen molar-refractivity contribution in [1.82, 2.24) is 10.3 Å². The summed E-state index contributed by atoms with van der Waals surface area (Å²) in [7, 11) is 0. The third kappa shape index (κ3) is 2.92. The minimum atomic E-state index is -0.0689. The molecule has 2 aromatic carbocycles. The Labute approximate surface area is 123 Å². The maximum atomic E-state index is 12.4. The molecule has 0 fully saturated rings. The second kappa shape index (κ2) is 5.75. The van der Waals surface area contributed by atoms with Crippen LogP contribution >= 0.6 is 0 Å². The second-order valence-corrected chi connectivity index (χ2v) is 5.00. The first kappa shape index (κ1) is 13.3. The number of hydrogen-bond donors (Lipinski definition) is 1. The summed E-state index contributed by atoms with van der Waals surface area (Å²) in [5.41, 5.74) is 3.45. The van der Waals surface area contributed by atoms with Gasteiger partial charge in [0, 0.05) is 17.6 Å². The molecule has 1 aromatic heterocycles. The molecule has 0 saturated heterocycles. The fourth-order valence-corrected chi connectivity index (χ4v) is 2.37. The Kier molecular flexibility index (Phi) is 3.65. The van der Waals surface area contributed by atoms with Gasteiger partial charge in [0.15, 0.2) is 0 Å². The number of nitrogens with one attached hydrogen (secondary N) is 1. The average molecular weight is 276 g/mol. The summed E-state index contributed by atoms with van der Waals surface area (Å²) in [5.74, 6) is -0.0689. The van der Waals surface area contributed by atoms with E-state index < -0.39 is 0 Å². The van der Waals surface area contributed by atoms with Crippen molar-refractivity contribution < 1.29 is 4.79 Å². The molecule has 0 saturated carbocycles. The predicted octanol–water partition coefficient (Wildman–Crippen LogP) is 3.47. The van der Waals surface area contributed by atoms with Crippen molar-refractivity contribution in [1.29, 1.82) is 0 Å². The maximum Gasteiger partial charge on any atom is 0.252 e. The molecule has 0 unspecified atom stereocenters. The molecule has 0 radical (unpaired) electrons. The zero-order chi connectivity index (χ0) is 14.7. The van der Waals surface area contributed by atoms with E-state index in [9.17, 15) is 4.79 Å². The highest BCUT2D eigenvalue weighted by Gasteiger charge is 2.11. The largest absolute Gasteiger partial charge is 0.348 e. The number of nitrogens with zero attached hydrogens (tertiary/aromatic N) is 1. The summed E-state index contributed by atoms with van der Waals surface area (Å²) >= 11 is 0. The van der Waals surface area contributed by atoms with Crippen molar-refractivity contribution in [2.24, 2.45) is 0 Å². The van der Waals surface area contributed by atoms with Crippen LogP contribution < -0.4 is 5.32 Å². The van der Waals surface area contributed by atoms with Gasteiger partial charge in [0.1, 0.15) is 0 Å². The number of para-hydroxylation sites is 1. The molecule has 0 atom stereocenters. The van der Waals surface area contributed by atoms with Crippen LogP contribution in [0.5, 0.6) is 0 Å². The molecule has 0 spiro atoms. The van der Waals surface area contributed by atoms with Gasteiger partial charge in [0.05, 0.1) is 11.1 Å². The van der Waals surface area contributed by atoms with E-state index in [0.29, 0.717) is 12.1 Å². The summed E-state index contributed by atoms with van der Waals surface area (Å²) in [6.45, 7) is 2.43. The zero-order valence-corrected chi connectivity index (χ0v) is 11.8. The van der Waals surface area contributed by atoms with Crippen LogP contribution in [0, 0.1) is 6.92 Å². The van der Waals surface area contributed by atoms with Gasteiger partial charge in [-0.1, -0.05) is 48.5 Å². The highest BCUT2D eigenvalue weighted by atomic mass is 16.1. The van der Waals surface area contributed by atoms with Crippen LogP contribution in [0.25, 0.3) is 10.9 Å². The van der Waals surface area contributed by atoms with Crippen LogP contribution in [0.15, 0.2) is 60.7 Å². The number of carbonyl (C=O) groups is 1. The molecule has 3 rings (SSSR count). The lowest BCUT2D eigenvalue weighted by atomic mass is 10.1. The first-order chi connectivity index (χ1) is 10.2. The lowest BCUT2D eigenvalue weighted by Gasteiger charge is -2.09. The Bertz CT molecular complexity index is 782. The monoisotopic (exact) mass is 276 g/mol. The van der Waals surface area contributed by atoms with Crippen LogP contribution in [0.4, 0.5) is 0 Å². The van der Waals surface area contributed by atoms with Crippen molar-refractivity contribution in [2.75, 3.05) is 0 Å². The van der Waals surface area contributed by atoms with Gasteiger partial charge >= 0.3 is 0 Å². The summed E-state index contributed by atoms with van der Waals surface area (Å²) < 4.78 is 0. The summed E-state index contributed by atoms with van der Waals surface area (Å²) in [5, 5.41) is 3.85. The van der Waals surface area contributed by atoms with Crippen LogP contribution in [-0.4, -0.2) is 10.9 Å². The van der Waals surface area contributed by atoms with Crippen LogP contribution in [0.2, 0.25) is 0 Å². The molecule has 1 heterocycles. The van der Waals surface area contributed by atoms with Gasteiger partial charge in [0.2, 0.25) is 0 Å². The summed E-state index contributed by atoms with van der Waals surface area (Å²) in [6, 6.07) is 19.4. The molecular formula is C18H16N2O. The third-order valence-corrected chi connectivity index (χ3v) is 3.38. The van der Waals surface area contributed by atoms with Crippen molar-refractivity contribution in [3.05, 3.63) is 77.5 Å². The van der Waals surface area contributed by atoms with E-state index >= 15 is 0 Å². The molecule has 3 aromatic rings. The molecule has 0 aliphatic rings. The third-order valence-electron chi connectivity index (χ3n) is 3.38. The lowest BCUT2D eigenvalue weighted by Crippen LogP contribution is -2.23. The van der Waals surface area contributed by atoms with Crippen LogP contribution in [-0.2, 0) is 6.54 Å². The standard InChI is InChI=1S/C18H16N2O/c1-13-11-16(15-9-5-6-10-17(15)20-13)18(21)19-12-14-7-3-2-4-8-14/h2-11H,12H2,1H3,(H,19,21). The van der Waals surface area contributed by atoms with Crippen molar-refractivity contribution in [2.45, 2.75) is 13.5 Å². The van der Waals surface area contributed by atoms with E-state index in [1.807, 2.05) is 67.6 Å². The van der Waals surface area contributed by atoms with E-state index in [1.54, 1.807) is 0 Å². The molecule has 0 aliphatic heterocycles. The first-order valence-electron chi connectivity index (χ1n) is 6.92. The number of aromatic nitrogens is 1. The van der Waals surface area contributed by atoms with Gasteiger partial charge in [-0.05, 0) is 24.6 Å². The Balaban J connectivity index is 1.88. The molecule has 21 heavy (non-hydrogen) atoms. The van der Waals surface area contributed by atoms with Gasteiger partial charge in [-0.3, -0.25) is 9.78 Å². The number of rotatable bonds is 3. The molecule has 0 aliphatic carbocycles. The van der Waals surface area contributed by atoms with Gasteiger partial charge in [-0.2, -0.15) is 0 Å². The van der Waals surface area contributed by atoms with Crippen molar-refractivity contribution in [3.8, 4) is 0 Å². The Morgan fingerprint density at radius 1 is 1.05 bits per heavy atom. The highest BCUT2D eigenvalue weighted by molar-refractivity contribution is 6.06. The van der Waals surface area contributed by atoms with Gasteiger partial charge in [0.25, 0.3) is 5.91 Å². The number of carbonyl (C=O) groups excluding carboxylic acids is 1. The smallest absolute Gasteiger partial charge is 0.252 e. The Morgan fingerprint density at radius 2 is 1.76 bits per heavy atom. The number of hydrogen-bond acceptors (Lipinski definition) is 2. The Morgan fingerprint density at radius 3 is 2.57 bits per heavy atom. The molecule has 104 valence electrons. The van der Waals surface area contributed by atoms with Crippen molar-refractivity contribution in [3.63, 3.8) is 0 Å². The van der Waals surface area contributed by atoms with Crippen LogP contribution in [0.3, 0.4) is 0 Å². The van der Waals surface area contributed by atoms with E-state index in [2.05, 4.69) is 10.3 Å². The summed E-state index contributed by atoms with van der Waals surface area (Å²) in [4.78, 5) is 16.9. The van der Waals surface area contributed by atoms with Gasteiger partial charge in [-0.15, -0.1) is 0 Å². The lowest BCUT2D eigenvalue weighted by molar-refractivity contribution is 0.0952. The highest BCUT2D eigenvalue weighted by Crippen LogP contribution is 2.18. The normalized spacial score (nSPS) is 10.5. The number of benzene rings is 2. The van der Waals surface area contributed by atoms with E-state index in [0.717, 1.165) is 22.2 Å². The first-order valence-corrected chi connectivity index (χ1v) is 6.92. The predicted molar refractivity (Wildman–Crippen MR) is 84.1 cm³/mol. The quantitative estimate of drug-likeness (QED) is 0.796. The summed E-state index contributed by atoms with van der Waals surface area (Å²) in [6.07, 6.45) is 0. The average Bonchev–Trinajstić information content (AvgIpc) is 2.52. The van der Waals surface area contributed by atoms with Crippen LogP contribution in [0.1, 0.15) is 21.6 Å². The van der Waals surface area contributed by atoms with Crippen molar-refractivity contribution >= 4 is 16.8 Å². The molecule has 1 N–H and O–H groups in total. The fraction of sp³-hybridized carbons (Fsp3) is 0.111. The maximum absolute atomic E-state index is 12.4. The SMILES string of the molecule is Cc1cc(C(=O)NCc2ccccc2)c2ccccc2n1.